The predicted octanol–water partition coefficient (Wildman–Crippen LogP) is 3.75. The molecule has 0 radical (unpaired) electrons. The third kappa shape index (κ3) is 4.86. The van der Waals surface area contributed by atoms with Crippen LogP contribution in [0.5, 0.6) is 0 Å². The van der Waals surface area contributed by atoms with Gasteiger partial charge in [0.1, 0.15) is 5.56 Å². The van der Waals surface area contributed by atoms with E-state index in [9.17, 15) is 14.9 Å². The van der Waals surface area contributed by atoms with E-state index in [1.54, 1.807) is 6.07 Å². The summed E-state index contributed by atoms with van der Waals surface area (Å²) in [6, 6.07) is 15.2. The smallest absolute Gasteiger partial charge is 0.267 e. The second-order valence-corrected chi connectivity index (χ2v) is 5.33. The number of halogens is 1. The van der Waals surface area contributed by atoms with Gasteiger partial charge >= 0.3 is 0 Å². The zero-order valence-corrected chi connectivity index (χ0v) is 13.4. The van der Waals surface area contributed by atoms with Crippen LogP contribution < -0.4 is 5.43 Å². The fraction of sp³-hybridized carbons (Fsp3) is 0. The number of hydrogen-bond acceptors (Lipinski definition) is 4. The van der Waals surface area contributed by atoms with Crippen molar-refractivity contribution in [2.24, 2.45) is 5.10 Å². The highest BCUT2D eigenvalue weighted by molar-refractivity contribution is 9.12. The van der Waals surface area contributed by atoms with E-state index in [1.165, 1.54) is 24.4 Å². The van der Waals surface area contributed by atoms with Crippen molar-refractivity contribution in [2.75, 3.05) is 0 Å². The monoisotopic (exact) mass is 373 g/mol. The topological polar surface area (TPSA) is 84.6 Å². The lowest BCUT2D eigenvalue weighted by molar-refractivity contribution is -0.385. The molecule has 23 heavy (non-hydrogen) atoms. The van der Waals surface area contributed by atoms with Crippen LogP contribution in [0.3, 0.4) is 0 Å². The Labute approximate surface area is 140 Å². The maximum atomic E-state index is 11.9. The molecule has 2 aromatic rings. The maximum Gasteiger partial charge on any atom is 0.282 e. The van der Waals surface area contributed by atoms with Gasteiger partial charge in [0.05, 0.1) is 11.1 Å². The van der Waals surface area contributed by atoms with E-state index in [1.807, 2.05) is 36.4 Å². The molecule has 0 unspecified atom stereocenters. The summed E-state index contributed by atoms with van der Waals surface area (Å²) in [6.45, 7) is 0. The summed E-state index contributed by atoms with van der Waals surface area (Å²) in [5.41, 5.74) is 2.93. The molecular formula is C16H12BrN3O3. The first-order valence-electron chi connectivity index (χ1n) is 6.57. The molecular weight excluding hydrogens is 362 g/mol. The Morgan fingerprint density at radius 1 is 1.13 bits per heavy atom. The van der Waals surface area contributed by atoms with Crippen molar-refractivity contribution < 1.29 is 9.72 Å². The molecule has 116 valence electrons. The highest BCUT2D eigenvalue weighted by atomic mass is 79.9. The van der Waals surface area contributed by atoms with Gasteiger partial charge in [-0.05, 0) is 33.6 Å². The molecule has 2 rings (SSSR count). The number of nitrogens with zero attached hydrogens (tertiary/aromatic N) is 2. The van der Waals surface area contributed by atoms with Crippen LogP contribution in [-0.4, -0.2) is 17.0 Å². The molecule has 7 heteroatoms. The number of nitro groups is 1. The number of nitrogens with one attached hydrogen (secondary N) is 1. The minimum absolute atomic E-state index is 0.0437. The van der Waals surface area contributed by atoms with E-state index in [0.717, 1.165) is 5.56 Å². The molecule has 2 aromatic carbocycles. The highest BCUT2D eigenvalue weighted by Gasteiger charge is 2.18. The lowest BCUT2D eigenvalue weighted by Gasteiger charge is -2.00. The minimum Gasteiger partial charge on any atom is -0.267 e. The summed E-state index contributed by atoms with van der Waals surface area (Å²) in [6.07, 6.45) is 3.22. The Bertz CT molecular complexity index is 773. The average Bonchev–Trinajstić information content (AvgIpc) is 2.55. The Morgan fingerprint density at radius 3 is 2.48 bits per heavy atom. The number of nitro benzene ring substituents is 1. The molecule has 0 aliphatic rings. The molecule has 0 aliphatic heterocycles. The number of para-hydroxylation sites is 1. The van der Waals surface area contributed by atoms with Crippen LogP contribution in [0.2, 0.25) is 0 Å². The van der Waals surface area contributed by atoms with Crippen LogP contribution >= 0.6 is 15.9 Å². The first-order chi connectivity index (χ1) is 11.1. The highest BCUT2D eigenvalue weighted by Crippen LogP contribution is 2.17. The van der Waals surface area contributed by atoms with Gasteiger partial charge < -0.3 is 0 Å². The summed E-state index contributed by atoms with van der Waals surface area (Å²) in [7, 11) is 0. The summed E-state index contributed by atoms with van der Waals surface area (Å²) < 4.78 is 0.645. The number of allylic oxidation sites excluding steroid dienone is 1. The van der Waals surface area contributed by atoms with Gasteiger partial charge in [-0.3, -0.25) is 14.9 Å². The third-order valence-corrected chi connectivity index (χ3v) is 3.24. The molecule has 0 aliphatic carbocycles. The lowest BCUT2D eigenvalue weighted by Crippen LogP contribution is -2.18. The number of carbonyl (C=O) groups is 1. The molecule has 0 bridgehead atoms. The van der Waals surface area contributed by atoms with Crippen LogP contribution in [0.15, 0.2) is 64.2 Å². The van der Waals surface area contributed by atoms with E-state index in [-0.39, 0.29) is 11.3 Å². The quantitative estimate of drug-likeness (QED) is 0.492. The van der Waals surface area contributed by atoms with E-state index in [0.29, 0.717) is 4.48 Å². The molecule has 0 atom stereocenters. The van der Waals surface area contributed by atoms with E-state index < -0.39 is 10.8 Å². The van der Waals surface area contributed by atoms with E-state index >= 15 is 0 Å². The van der Waals surface area contributed by atoms with Gasteiger partial charge in [-0.25, -0.2) is 5.43 Å². The zero-order chi connectivity index (χ0) is 16.7. The van der Waals surface area contributed by atoms with Gasteiger partial charge in [0.25, 0.3) is 11.6 Å². The number of hydrogen-bond donors (Lipinski definition) is 1. The van der Waals surface area contributed by atoms with Crippen molar-refractivity contribution >= 4 is 39.8 Å². The van der Waals surface area contributed by atoms with Crippen LogP contribution in [0, 0.1) is 10.1 Å². The molecule has 0 fully saturated rings. The SMILES string of the molecule is O=C(NN=C/C(Br)=C\c1ccccc1)c1ccccc1[N+](=O)[O-]. The summed E-state index contributed by atoms with van der Waals surface area (Å²) in [5.74, 6) is -0.645. The van der Waals surface area contributed by atoms with Crippen molar-refractivity contribution in [1.82, 2.24) is 5.43 Å². The van der Waals surface area contributed by atoms with Crippen LogP contribution in [0.4, 0.5) is 5.69 Å². The first-order valence-corrected chi connectivity index (χ1v) is 7.36. The normalized spacial score (nSPS) is 11.4. The molecule has 0 saturated heterocycles. The second kappa shape index (κ2) is 8.00. The van der Waals surface area contributed by atoms with Crippen LogP contribution in [0.25, 0.3) is 6.08 Å². The van der Waals surface area contributed by atoms with Crippen LogP contribution in [-0.2, 0) is 0 Å². The molecule has 0 aromatic heterocycles. The van der Waals surface area contributed by atoms with Gasteiger partial charge in [0, 0.05) is 10.5 Å². The van der Waals surface area contributed by atoms with Gasteiger partial charge in [0.15, 0.2) is 0 Å². The molecule has 6 nitrogen and oxygen atoms in total. The van der Waals surface area contributed by atoms with E-state index in [4.69, 9.17) is 0 Å². The Balaban J connectivity index is 2.05. The molecule has 0 heterocycles. The van der Waals surface area contributed by atoms with Crippen molar-refractivity contribution in [3.8, 4) is 0 Å². The van der Waals surface area contributed by atoms with Gasteiger partial charge in [-0.2, -0.15) is 5.10 Å². The van der Waals surface area contributed by atoms with E-state index in [2.05, 4.69) is 26.5 Å². The minimum atomic E-state index is -0.645. The Hall–Kier alpha value is -2.80. The number of benzene rings is 2. The fourth-order valence-corrected chi connectivity index (χ4v) is 2.15. The molecule has 1 amide bonds. The van der Waals surface area contributed by atoms with Crippen molar-refractivity contribution in [2.45, 2.75) is 0 Å². The van der Waals surface area contributed by atoms with Gasteiger partial charge in [-0.15, -0.1) is 0 Å². The summed E-state index contributed by atoms with van der Waals surface area (Å²) in [4.78, 5) is 22.2. The number of amides is 1. The standard InChI is InChI=1S/C16H12BrN3O3/c17-13(10-12-6-2-1-3-7-12)11-18-19-16(21)14-8-4-5-9-15(14)20(22)23/h1-11H,(H,19,21)/b13-10+,18-11?. The molecule has 0 spiro atoms. The first kappa shape index (κ1) is 16.6. The zero-order valence-electron chi connectivity index (χ0n) is 11.8. The Kier molecular flexibility index (Phi) is 5.76. The maximum absolute atomic E-state index is 11.9. The van der Waals surface area contributed by atoms with Crippen molar-refractivity contribution in [3.05, 3.63) is 80.3 Å². The van der Waals surface area contributed by atoms with Crippen molar-refractivity contribution in [1.29, 1.82) is 0 Å². The largest absolute Gasteiger partial charge is 0.282 e. The third-order valence-electron chi connectivity index (χ3n) is 2.80. The summed E-state index contributed by atoms with van der Waals surface area (Å²) >= 11 is 3.31. The average molecular weight is 374 g/mol. The number of hydrazone groups is 1. The lowest BCUT2D eigenvalue weighted by atomic mass is 10.2. The predicted molar refractivity (Wildman–Crippen MR) is 92.4 cm³/mol. The van der Waals surface area contributed by atoms with Gasteiger partial charge in [0.2, 0.25) is 0 Å². The second-order valence-electron chi connectivity index (χ2n) is 4.41. The molecule has 1 N–H and O–H groups in total. The fourth-order valence-electron chi connectivity index (χ4n) is 1.78. The van der Waals surface area contributed by atoms with Gasteiger partial charge in [-0.1, -0.05) is 42.5 Å². The number of rotatable bonds is 5. The molecule has 0 saturated carbocycles. The van der Waals surface area contributed by atoms with Crippen molar-refractivity contribution in [3.63, 3.8) is 0 Å². The van der Waals surface area contributed by atoms with Crippen LogP contribution in [0.1, 0.15) is 15.9 Å². The summed E-state index contributed by atoms with van der Waals surface area (Å²) in [5, 5.41) is 14.7. The number of carbonyl (C=O) groups excluding carboxylic acids is 1. The Morgan fingerprint density at radius 2 is 1.78 bits per heavy atom.